The smallest absolute Gasteiger partial charge is 0.299 e. The number of allylic oxidation sites excluding steroid dienone is 1. The van der Waals surface area contributed by atoms with Gasteiger partial charge in [0, 0.05) is 12.8 Å². The number of aryl methyl sites for hydroxylation is 1. The van der Waals surface area contributed by atoms with Crippen molar-refractivity contribution in [3.63, 3.8) is 0 Å². The van der Waals surface area contributed by atoms with Crippen molar-refractivity contribution in [1.29, 1.82) is 0 Å². The van der Waals surface area contributed by atoms with Gasteiger partial charge in [-0.25, -0.2) is 0 Å². The Morgan fingerprint density at radius 2 is 1.75 bits per heavy atom. The Hall–Kier alpha value is -2.36. The summed E-state index contributed by atoms with van der Waals surface area (Å²) in [6.45, 7) is 0. The molecule has 0 fully saturated rings. The molecule has 2 aromatic rings. The zero-order valence-electron chi connectivity index (χ0n) is 13.2. The number of ketones is 1. The summed E-state index contributed by atoms with van der Waals surface area (Å²) in [5, 5.41) is 0. The Bertz CT molecular complexity index is 688. The molecule has 2 rings (SSSR count). The van der Waals surface area contributed by atoms with Crippen molar-refractivity contribution in [2.45, 2.75) is 31.9 Å². The van der Waals surface area contributed by atoms with Crippen LogP contribution in [0.25, 0.3) is 6.08 Å². The van der Waals surface area contributed by atoms with Gasteiger partial charge >= 0.3 is 6.18 Å². The van der Waals surface area contributed by atoms with Crippen LogP contribution in [0.5, 0.6) is 0 Å². The normalized spacial score (nSPS) is 11.8. The summed E-state index contributed by atoms with van der Waals surface area (Å²) in [5.41, 5.74) is 1.00. The Morgan fingerprint density at radius 3 is 2.46 bits per heavy atom. The van der Waals surface area contributed by atoms with E-state index in [1.54, 1.807) is 6.07 Å². The molecule has 0 atom stereocenters. The Kier molecular flexibility index (Phi) is 6.36. The molecule has 4 heteroatoms. The van der Waals surface area contributed by atoms with E-state index in [1.165, 1.54) is 6.07 Å². The highest BCUT2D eigenvalue weighted by molar-refractivity contribution is 5.80. The van der Waals surface area contributed by atoms with Gasteiger partial charge in [0.2, 0.25) is 0 Å². The number of hydrogen-bond acceptors (Lipinski definition) is 1. The SMILES string of the molecule is O=C(C/C=C/c1ccccc1)CCCc1cccc(C(F)(F)F)c1. The van der Waals surface area contributed by atoms with Crippen molar-refractivity contribution in [2.24, 2.45) is 0 Å². The molecule has 0 radical (unpaired) electrons. The minimum atomic E-state index is -4.33. The third kappa shape index (κ3) is 6.03. The average Bonchev–Trinajstić information content (AvgIpc) is 2.55. The van der Waals surface area contributed by atoms with E-state index < -0.39 is 11.7 Å². The van der Waals surface area contributed by atoms with E-state index in [1.807, 2.05) is 42.5 Å². The van der Waals surface area contributed by atoms with Crippen LogP contribution in [0.15, 0.2) is 60.7 Å². The lowest BCUT2D eigenvalue weighted by Crippen LogP contribution is -2.05. The fourth-order valence-corrected chi connectivity index (χ4v) is 2.39. The minimum absolute atomic E-state index is 0.0918. The molecule has 0 aliphatic carbocycles. The molecule has 2 aromatic carbocycles. The minimum Gasteiger partial charge on any atom is -0.299 e. The topological polar surface area (TPSA) is 17.1 Å². The number of hydrogen-bond donors (Lipinski definition) is 0. The molecule has 0 amide bonds. The van der Waals surface area contributed by atoms with Gasteiger partial charge in [0.25, 0.3) is 0 Å². The molecule has 0 saturated heterocycles. The maximum atomic E-state index is 12.6. The number of halogens is 3. The Labute approximate surface area is 139 Å². The maximum absolute atomic E-state index is 12.6. The summed E-state index contributed by atoms with van der Waals surface area (Å²) in [7, 11) is 0. The van der Waals surface area contributed by atoms with Gasteiger partial charge in [-0.2, -0.15) is 13.2 Å². The summed E-state index contributed by atoms with van der Waals surface area (Å²) in [6.07, 6.45) is 1.13. The van der Waals surface area contributed by atoms with Gasteiger partial charge in [-0.15, -0.1) is 0 Å². The van der Waals surface area contributed by atoms with E-state index >= 15 is 0 Å². The summed E-state index contributed by atoms with van der Waals surface area (Å²) >= 11 is 0. The van der Waals surface area contributed by atoms with Crippen LogP contribution in [0, 0.1) is 0 Å². The number of benzene rings is 2. The zero-order valence-corrected chi connectivity index (χ0v) is 13.2. The van der Waals surface area contributed by atoms with Crippen LogP contribution >= 0.6 is 0 Å². The maximum Gasteiger partial charge on any atom is 0.416 e. The molecule has 126 valence electrons. The van der Waals surface area contributed by atoms with Gasteiger partial charge in [0.1, 0.15) is 5.78 Å². The van der Waals surface area contributed by atoms with Crippen molar-refractivity contribution in [1.82, 2.24) is 0 Å². The van der Waals surface area contributed by atoms with Crippen LogP contribution in [-0.2, 0) is 17.4 Å². The lowest BCUT2D eigenvalue weighted by molar-refractivity contribution is -0.137. The molecule has 0 bridgehead atoms. The summed E-state index contributed by atoms with van der Waals surface area (Å²) in [4.78, 5) is 11.8. The van der Waals surface area contributed by atoms with E-state index in [9.17, 15) is 18.0 Å². The molecule has 0 unspecified atom stereocenters. The average molecular weight is 332 g/mol. The van der Waals surface area contributed by atoms with Crippen molar-refractivity contribution < 1.29 is 18.0 Å². The molecule has 0 aromatic heterocycles. The first kappa shape index (κ1) is 18.0. The quantitative estimate of drug-likeness (QED) is 0.635. The van der Waals surface area contributed by atoms with E-state index in [4.69, 9.17) is 0 Å². The number of rotatable bonds is 7. The van der Waals surface area contributed by atoms with Crippen molar-refractivity contribution in [3.05, 3.63) is 77.4 Å². The molecule has 0 saturated carbocycles. The highest BCUT2D eigenvalue weighted by atomic mass is 19.4. The number of alkyl halides is 3. The van der Waals surface area contributed by atoms with Crippen LogP contribution in [-0.4, -0.2) is 5.78 Å². The molecular weight excluding hydrogens is 313 g/mol. The first-order chi connectivity index (χ1) is 11.4. The summed E-state index contributed by atoms with van der Waals surface area (Å²) in [6, 6.07) is 15.0. The fraction of sp³-hybridized carbons (Fsp3) is 0.250. The lowest BCUT2D eigenvalue weighted by Gasteiger charge is -2.08. The molecule has 24 heavy (non-hydrogen) atoms. The third-order valence-corrected chi connectivity index (χ3v) is 3.63. The van der Waals surface area contributed by atoms with Gasteiger partial charge in [0.15, 0.2) is 0 Å². The molecule has 0 heterocycles. The first-order valence-corrected chi connectivity index (χ1v) is 7.84. The highest BCUT2D eigenvalue weighted by Gasteiger charge is 2.30. The third-order valence-electron chi connectivity index (χ3n) is 3.63. The monoisotopic (exact) mass is 332 g/mol. The lowest BCUT2D eigenvalue weighted by atomic mass is 10.0. The highest BCUT2D eigenvalue weighted by Crippen LogP contribution is 2.29. The van der Waals surface area contributed by atoms with Gasteiger partial charge < -0.3 is 0 Å². The van der Waals surface area contributed by atoms with Crippen LogP contribution < -0.4 is 0 Å². The molecule has 0 aliphatic heterocycles. The zero-order chi connectivity index (χ0) is 17.4. The van der Waals surface area contributed by atoms with Crippen LogP contribution in [0.3, 0.4) is 0 Å². The Balaban J connectivity index is 1.76. The second-order valence-electron chi connectivity index (χ2n) is 5.61. The van der Waals surface area contributed by atoms with E-state index in [-0.39, 0.29) is 5.78 Å². The fourth-order valence-electron chi connectivity index (χ4n) is 2.39. The van der Waals surface area contributed by atoms with Crippen LogP contribution in [0.1, 0.15) is 36.0 Å². The van der Waals surface area contributed by atoms with E-state index in [2.05, 4.69) is 0 Å². The first-order valence-electron chi connectivity index (χ1n) is 7.84. The number of Topliss-reactive ketones (excluding diaryl/α,β-unsaturated/α-hetero) is 1. The van der Waals surface area contributed by atoms with Crippen LogP contribution in [0.4, 0.5) is 13.2 Å². The summed E-state index contributed by atoms with van der Waals surface area (Å²) in [5.74, 6) is 0.0918. The summed E-state index contributed by atoms with van der Waals surface area (Å²) < 4.78 is 37.9. The predicted octanol–water partition coefficient (Wildman–Crippen LogP) is 5.70. The van der Waals surface area contributed by atoms with Gasteiger partial charge in [-0.3, -0.25) is 4.79 Å². The largest absolute Gasteiger partial charge is 0.416 e. The number of carbonyl (C=O) groups is 1. The standard InChI is InChI=1S/C20H19F3O/c21-20(22,23)18-12-4-10-17(15-18)11-6-14-19(24)13-5-9-16-7-2-1-3-8-16/h1-5,7-10,12,15H,6,11,13-14H2/b9-5+. The molecule has 0 spiro atoms. The van der Waals surface area contributed by atoms with Gasteiger partial charge in [-0.1, -0.05) is 60.7 Å². The number of carbonyl (C=O) groups excluding carboxylic acids is 1. The second-order valence-corrected chi connectivity index (χ2v) is 5.61. The molecule has 0 aliphatic rings. The molecular formula is C20H19F3O. The Morgan fingerprint density at radius 1 is 1.00 bits per heavy atom. The van der Waals surface area contributed by atoms with Crippen molar-refractivity contribution >= 4 is 11.9 Å². The van der Waals surface area contributed by atoms with Crippen molar-refractivity contribution in [2.75, 3.05) is 0 Å². The van der Waals surface area contributed by atoms with E-state index in [0.717, 1.165) is 17.7 Å². The van der Waals surface area contributed by atoms with Gasteiger partial charge in [-0.05, 0) is 30.0 Å². The van der Waals surface area contributed by atoms with E-state index in [0.29, 0.717) is 31.2 Å². The second kappa shape index (κ2) is 8.48. The van der Waals surface area contributed by atoms with Crippen molar-refractivity contribution in [3.8, 4) is 0 Å². The predicted molar refractivity (Wildman–Crippen MR) is 89.5 cm³/mol. The van der Waals surface area contributed by atoms with Crippen LogP contribution in [0.2, 0.25) is 0 Å². The van der Waals surface area contributed by atoms with Gasteiger partial charge in [0.05, 0.1) is 5.56 Å². The molecule has 1 nitrogen and oxygen atoms in total. The molecule has 0 N–H and O–H groups in total.